The van der Waals surface area contributed by atoms with Crippen LogP contribution in [0.2, 0.25) is 0 Å². The van der Waals surface area contributed by atoms with Gasteiger partial charge in [0.15, 0.2) is 0 Å². The highest BCUT2D eigenvalue weighted by atomic mass is 32.2. The Balaban J connectivity index is 3.32. The fourth-order valence-electron chi connectivity index (χ4n) is 1.31. The number of aliphatic hydroxyl groups excluding tert-OH is 1. The predicted molar refractivity (Wildman–Crippen MR) is 72.1 cm³/mol. The predicted octanol–water partition coefficient (Wildman–Crippen LogP) is 1.75. The molecule has 3 nitrogen and oxygen atoms in total. The zero-order valence-electron chi connectivity index (χ0n) is 11.0. The van der Waals surface area contributed by atoms with Crippen LogP contribution < -0.4 is 5.32 Å². The maximum atomic E-state index is 9.44. The van der Waals surface area contributed by atoms with Crippen LogP contribution in [0, 0.1) is 5.92 Å². The van der Waals surface area contributed by atoms with Crippen LogP contribution in [0.1, 0.15) is 27.2 Å². The molecule has 0 radical (unpaired) electrons. The van der Waals surface area contributed by atoms with E-state index in [2.05, 4.69) is 26.1 Å². The van der Waals surface area contributed by atoms with E-state index in [4.69, 9.17) is 4.74 Å². The Kier molecular flexibility index (Phi) is 10.5. The number of ether oxygens (including phenoxy) is 1. The average Bonchev–Trinajstić information content (AvgIpc) is 2.17. The van der Waals surface area contributed by atoms with Gasteiger partial charge in [0.05, 0.1) is 12.7 Å². The van der Waals surface area contributed by atoms with E-state index in [1.807, 2.05) is 11.8 Å². The molecule has 0 aliphatic carbocycles. The number of hydrogen-bond acceptors (Lipinski definition) is 4. The van der Waals surface area contributed by atoms with Crippen molar-refractivity contribution >= 4 is 11.8 Å². The van der Waals surface area contributed by atoms with E-state index < -0.39 is 0 Å². The van der Waals surface area contributed by atoms with Gasteiger partial charge in [-0.25, -0.2) is 0 Å². The van der Waals surface area contributed by atoms with Crippen molar-refractivity contribution in [2.75, 3.05) is 31.8 Å². The molecule has 16 heavy (non-hydrogen) atoms. The zero-order chi connectivity index (χ0) is 12.4. The number of aliphatic hydroxyl groups is 1. The lowest BCUT2D eigenvalue weighted by Crippen LogP contribution is -2.32. The molecule has 0 amide bonds. The van der Waals surface area contributed by atoms with Crippen molar-refractivity contribution in [1.29, 1.82) is 0 Å². The van der Waals surface area contributed by atoms with Gasteiger partial charge in [0, 0.05) is 18.9 Å². The standard InChI is InChI=1S/C12H27NO2S/c1-10(2)8-16-9-11(3)13-6-5-12(14)7-15-4/h10-14H,5-9H2,1-4H3. The molecule has 0 aliphatic heterocycles. The van der Waals surface area contributed by atoms with E-state index in [9.17, 15) is 5.11 Å². The molecular weight excluding hydrogens is 222 g/mol. The molecule has 2 N–H and O–H groups in total. The summed E-state index contributed by atoms with van der Waals surface area (Å²) in [6, 6.07) is 0.512. The minimum Gasteiger partial charge on any atom is -0.391 e. The molecule has 0 aliphatic rings. The van der Waals surface area contributed by atoms with E-state index in [0.717, 1.165) is 24.6 Å². The van der Waals surface area contributed by atoms with Crippen LogP contribution in [-0.2, 0) is 4.74 Å². The van der Waals surface area contributed by atoms with E-state index in [1.165, 1.54) is 5.75 Å². The lowest BCUT2D eigenvalue weighted by molar-refractivity contribution is 0.0592. The first-order chi connectivity index (χ1) is 7.56. The topological polar surface area (TPSA) is 41.5 Å². The summed E-state index contributed by atoms with van der Waals surface area (Å²) >= 11 is 1.99. The highest BCUT2D eigenvalue weighted by Crippen LogP contribution is 2.08. The summed E-state index contributed by atoms with van der Waals surface area (Å²) in [5.74, 6) is 3.12. The van der Waals surface area contributed by atoms with Crippen molar-refractivity contribution in [3.63, 3.8) is 0 Å². The van der Waals surface area contributed by atoms with E-state index in [1.54, 1.807) is 7.11 Å². The number of hydrogen-bond donors (Lipinski definition) is 2. The van der Waals surface area contributed by atoms with Crippen LogP contribution >= 0.6 is 11.8 Å². The van der Waals surface area contributed by atoms with Gasteiger partial charge in [0.25, 0.3) is 0 Å². The van der Waals surface area contributed by atoms with Gasteiger partial charge in [-0.15, -0.1) is 0 Å². The number of nitrogens with one attached hydrogen (secondary N) is 1. The Morgan fingerprint density at radius 1 is 1.25 bits per heavy atom. The summed E-state index contributed by atoms with van der Waals surface area (Å²) in [6.45, 7) is 7.96. The van der Waals surface area contributed by atoms with Crippen LogP contribution in [0.15, 0.2) is 0 Å². The Morgan fingerprint density at radius 3 is 2.50 bits per heavy atom. The fourth-order valence-corrected chi connectivity index (χ4v) is 2.39. The van der Waals surface area contributed by atoms with Crippen molar-refractivity contribution < 1.29 is 9.84 Å². The van der Waals surface area contributed by atoms with Gasteiger partial charge in [-0.2, -0.15) is 11.8 Å². The molecule has 0 aromatic heterocycles. The van der Waals surface area contributed by atoms with Gasteiger partial charge < -0.3 is 15.2 Å². The summed E-state index contributed by atoms with van der Waals surface area (Å²) < 4.78 is 4.87. The second-order valence-corrected chi connectivity index (χ2v) is 5.76. The van der Waals surface area contributed by atoms with E-state index >= 15 is 0 Å². The third kappa shape index (κ3) is 10.7. The monoisotopic (exact) mass is 249 g/mol. The Hall–Kier alpha value is 0.230. The summed E-state index contributed by atoms with van der Waals surface area (Å²) in [5, 5.41) is 12.8. The van der Waals surface area contributed by atoms with Gasteiger partial charge in [0.1, 0.15) is 0 Å². The van der Waals surface area contributed by atoms with Crippen molar-refractivity contribution in [3.05, 3.63) is 0 Å². The summed E-state index contributed by atoms with van der Waals surface area (Å²) in [7, 11) is 1.61. The Bertz CT molecular complexity index is 156. The van der Waals surface area contributed by atoms with Gasteiger partial charge in [-0.05, 0) is 31.6 Å². The largest absolute Gasteiger partial charge is 0.391 e. The molecule has 0 saturated carbocycles. The first-order valence-electron chi connectivity index (χ1n) is 6.04. The van der Waals surface area contributed by atoms with Crippen LogP contribution in [-0.4, -0.2) is 49.0 Å². The van der Waals surface area contributed by atoms with Gasteiger partial charge in [-0.3, -0.25) is 0 Å². The summed E-state index contributed by atoms with van der Waals surface area (Å²) in [5.41, 5.74) is 0. The SMILES string of the molecule is COCC(O)CCNC(C)CSCC(C)C. The van der Waals surface area contributed by atoms with Crippen LogP contribution in [0.4, 0.5) is 0 Å². The maximum absolute atomic E-state index is 9.44. The second-order valence-electron chi connectivity index (χ2n) is 4.68. The van der Waals surface area contributed by atoms with Crippen molar-refractivity contribution in [2.45, 2.75) is 39.3 Å². The number of methoxy groups -OCH3 is 1. The highest BCUT2D eigenvalue weighted by molar-refractivity contribution is 7.99. The number of thioether (sulfide) groups is 1. The highest BCUT2D eigenvalue weighted by Gasteiger charge is 2.05. The third-order valence-electron chi connectivity index (χ3n) is 2.15. The Labute approximate surface area is 104 Å². The normalized spacial score (nSPS) is 15.4. The molecule has 2 atom stereocenters. The molecule has 0 saturated heterocycles. The second kappa shape index (κ2) is 10.4. The minimum atomic E-state index is -0.340. The van der Waals surface area contributed by atoms with Crippen LogP contribution in [0.5, 0.6) is 0 Å². The van der Waals surface area contributed by atoms with Crippen molar-refractivity contribution in [1.82, 2.24) is 5.32 Å². The quantitative estimate of drug-likeness (QED) is 0.619. The van der Waals surface area contributed by atoms with E-state index in [-0.39, 0.29) is 6.10 Å². The maximum Gasteiger partial charge on any atom is 0.0785 e. The molecule has 0 aromatic rings. The molecule has 0 fully saturated rings. The molecule has 0 bridgehead atoms. The third-order valence-corrected chi connectivity index (χ3v) is 3.79. The molecule has 0 aromatic carbocycles. The average molecular weight is 249 g/mol. The smallest absolute Gasteiger partial charge is 0.0785 e. The molecule has 98 valence electrons. The first-order valence-corrected chi connectivity index (χ1v) is 7.19. The number of rotatable bonds is 10. The molecule has 0 spiro atoms. The lowest BCUT2D eigenvalue weighted by Gasteiger charge is -2.15. The van der Waals surface area contributed by atoms with Crippen LogP contribution in [0.25, 0.3) is 0 Å². The summed E-state index contributed by atoms with van der Waals surface area (Å²) in [6.07, 6.45) is 0.417. The van der Waals surface area contributed by atoms with Crippen LogP contribution in [0.3, 0.4) is 0 Å². The molecule has 4 heteroatoms. The zero-order valence-corrected chi connectivity index (χ0v) is 11.8. The molecular formula is C12H27NO2S. The van der Waals surface area contributed by atoms with Crippen molar-refractivity contribution in [2.24, 2.45) is 5.92 Å². The van der Waals surface area contributed by atoms with Gasteiger partial charge >= 0.3 is 0 Å². The van der Waals surface area contributed by atoms with Gasteiger partial charge in [0.2, 0.25) is 0 Å². The fraction of sp³-hybridized carbons (Fsp3) is 1.00. The van der Waals surface area contributed by atoms with Gasteiger partial charge in [-0.1, -0.05) is 13.8 Å². The van der Waals surface area contributed by atoms with E-state index in [0.29, 0.717) is 12.6 Å². The molecule has 2 unspecified atom stereocenters. The van der Waals surface area contributed by atoms with Crippen molar-refractivity contribution in [3.8, 4) is 0 Å². The molecule has 0 heterocycles. The molecule has 0 rings (SSSR count). The Morgan fingerprint density at radius 2 is 1.94 bits per heavy atom. The lowest BCUT2D eigenvalue weighted by atomic mass is 10.2. The minimum absolute atomic E-state index is 0.340. The first kappa shape index (κ1) is 16.2. The summed E-state index contributed by atoms with van der Waals surface area (Å²) in [4.78, 5) is 0.